The zero-order valence-corrected chi connectivity index (χ0v) is 8.60. The lowest BCUT2D eigenvalue weighted by atomic mass is 10.7. The van der Waals surface area contributed by atoms with Crippen molar-refractivity contribution in [3.8, 4) is 0 Å². The Labute approximate surface area is 80.6 Å². The topological polar surface area (TPSA) is 112 Å². The molecule has 1 aliphatic heterocycles. The van der Waals surface area contributed by atoms with E-state index < -0.39 is 42.3 Å². The number of aliphatic hydroxyl groups is 2. The van der Waals surface area contributed by atoms with Gasteiger partial charge in [0.1, 0.15) is 13.2 Å². The first-order valence-corrected chi connectivity index (χ1v) is 5.68. The van der Waals surface area contributed by atoms with Crippen LogP contribution in [-0.2, 0) is 27.2 Å². The number of aliphatic hydroxyl groups excluding tert-OH is 2. The van der Waals surface area contributed by atoms with Crippen molar-refractivity contribution in [1.82, 2.24) is 0 Å². The van der Waals surface area contributed by atoms with Gasteiger partial charge in [-0.05, 0) is 0 Å². The summed E-state index contributed by atoms with van der Waals surface area (Å²) >= 11 is 0. The van der Waals surface area contributed by atoms with E-state index in [4.69, 9.17) is 10.2 Å². The van der Waals surface area contributed by atoms with Crippen LogP contribution in [-0.4, -0.2) is 36.0 Å². The Morgan fingerprint density at radius 3 is 1.36 bits per heavy atom. The summed E-state index contributed by atoms with van der Waals surface area (Å²) in [6.45, 7) is -1.28. The van der Waals surface area contributed by atoms with Gasteiger partial charge in [0, 0.05) is 9.13 Å². The fourth-order valence-electron chi connectivity index (χ4n) is 0.605. The standard InChI is InChI=1S/C4H8O8P2/c5-1-3-9-13(7)11-4(2-6)12-14(8)10-3/h3-6H,1-2H2/q+2. The molecule has 0 atom stereocenters. The van der Waals surface area contributed by atoms with Crippen LogP contribution in [0.3, 0.4) is 0 Å². The molecule has 0 bridgehead atoms. The SMILES string of the molecule is O=[P+]1OC(CO)O[P+](=O)OC(CO)O1. The Balaban J connectivity index is 2.60. The predicted molar refractivity (Wildman–Crippen MR) is 41.3 cm³/mol. The lowest BCUT2D eigenvalue weighted by molar-refractivity contribution is -0.105. The largest absolute Gasteiger partial charge is 0.703 e. The minimum absolute atomic E-state index is 0.640. The highest BCUT2D eigenvalue weighted by molar-refractivity contribution is 7.34. The zero-order valence-electron chi connectivity index (χ0n) is 6.81. The van der Waals surface area contributed by atoms with Gasteiger partial charge in [0.2, 0.25) is 0 Å². The summed E-state index contributed by atoms with van der Waals surface area (Å²) in [5, 5.41) is 17.2. The molecule has 0 amide bonds. The Morgan fingerprint density at radius 1 is 0.857 bits per heavy atom. The highest BCUT2D eigenvalue weighted by Gasteiger charge is 2.45. The molecule has 2 N–H and O–H groups in total. The minimum Gasteiger partial charge on any atom is -0.391 e. The molecule has 80 valence electrons. The van der Waals surface area contributed by atoms with Gasteiger partial charge in [-0.2, -0.15) is 0 Å². The summed E-state index contributed by atoms with van der Waals surface area (Å²) in [5.41, 5.74) is 0. The third kappa shape index (κ3) is 3.61. The van der Waals surface area contributed by atoms with Crippen molar-refractivity contribution >= 4 is 16.5 Å². The molecule has 0 radical (unpaired) electrons. The quantitative estimate of drug-likeness (QED) is 0.655. The molecule has 1 fully saturated rings. The third-order valence-corrected chi connectivity index (χ3v) is 2.74. The molecule has 0 saturated carbocycles. The fourth-order valence-corrected chi connectivity index (χ4v) is 2.05. The molecule has 0 unspecified atom stereocenters. The zero-order chi connectivity index (χ0) is 10.6. The number of hydrogen-bond acceptors (Lipinski definition) is 8. The second kappa shape index (κ2) is 5.75. The molecule has 10 heteroatoms. The molecule has 14 heavy (non-hydrogen) atoms. The molecule has 1 aliphatic rings. The molecule has 0 aliphatic carbocycles. The van der Waals surface area contributed by atoms with Crippen molar-refractivity contribution in [1.29, 1.82) is 0 Å². The van der Waals surface area contributed by atoms with Gasteiger partial charge in [-0.3, -0.25) is 0 Å². The highest BCUT2D eigenvalue weighted by atomic mass is 31.1. The first-order chi connectivity index (χ1) is 6.65. The van der Waals surface area contributed by atoms with E-state index in [2.05, 4.69) is 18.1 Å². The summed E-state index contributed by atoms with van der Waals surface area (Å²) in [7, 11) is -5.19. The highest BCUT2D eigenvalue weighted by Crippen LogP contribution is 2.39. The van der Waals surface area contributed by atoms with E-state index in [1.807, 2.05) is 0 Å². The summed E-state index contributed by atoms with van der Waals surface area (Å²) in [5.74, 6) is 0. The van der Waals surface area contributed by atoms with Gasteiger partial charge in [-0.1, -0.05) is 18.1 Å². The molecule has 1 heterocycles. The Bertz CT molecular complexity index is 191. The average molecular weight is 246 g/mol. The van der Waals surface area contributed by atoms with Crippen LogP contribution in [0.25, 0.3) is 0 Å². The average Bonchev–Trinajstić information content (AvgIpc) is 2.13. The summed E-state index contributed by atoms with van der Waals surface area (Å²) in [6, 6.07) is 0. The molecule has 0 aromatic carbocycles. The normalized spacial score (nSPS) is 35.0. The molecule has 1 rings (SSSR count). The van der Waals surface area contributed by atoms with Crippen molar-refractivity contribution in [2.24, 2.45) is 0 Å². The summed E-state index contributed by atoms with van der Waals surface area (Å²) < 4.78 is 39.7. The summed E-state index contributed by atoms with van der Waals surface area (Å²) in [6.07, 6.45) is -2.66. The van der Waals surface area contributed by atoms with Crippen LogP contribution in [0, 0.1) is 0 Å². The van der Waals surface area contributed by atoms with Gasteiger partial charge in [-0.15, -0.1) is 0 Å². The van der Waals surface area contributed by atoms with Gasteiger partial charge in [0.25, 0.3) is 12.6 Å². The van der Waals surface area contributed by atoms with Crippen LogP contribution in [0.2, 0.25) is 0 Å². The number of rotatable bonds is 2. The molecule has 1 saturated heterocycles. The number of hydrogen-bond donors (Lipinski definition) is 2. The van der Waals surface area contributed by atoms with Crippen molar-refractivity contribution in [3.05, 3.63) is 0 Å². The Kier molecular flexibility index (Phi) is 4.94. The fraction of sp³-hybridized carbons (Fsp3) is 1.00. The van der Waals surface area contributed by atoms with Gasteiger partial charge in [0.05, 0.1) is 0 Å². The van der Waals surface area contributed by atoms with Crippen LogP contribution in [0.15, 0.2) is 0 Å². The maximum Gasteiger partial charge on any atom is 0.703 e. The lowest BCUT2D eigenvalue weighted by Crippen LogP contribution is -2.23. The van der Waals surface area contributed by atoms with E-state index in [-0.39, 0.29) is 0 Å². The molecular weight excluding hydrogens is 238 g/mol. The van der Waals surface area contributed by atoms with E-state index in [0.717, 1.165) is 0 Å². The van der Waals surface area contributed by atoms with Crippen LogP contribution in [0.1, 0.15) is 0 Å². The second-order valence-corrected chi connectivity index (χ2v) is 3.83. The summed E-state index contributed by atoms with van der Waals surface area (Å²) in [4.78, 5) is 0. The van der Waals surface area contributed by atoms with E-state index in [0.29, 0.717) is 0 Å². The van der Waals surface area contributed by atoms with Crippen molar-refractivity contribution < 1.29 is 37.4 Å². The van der Waals surface area contributed by atoms with Crippen molar-refractivity contribution in [3.63, 3.8) is 0 Å². The Hall–Kier alpha value is -0.0400. The van der Waals surface area contributed by atoms with Crippen LogP contribution >= 0.6 is 16.5 Å². The first-order valence-electron chi connectivity index (χ1n) is 3.49. The maximum absolute atomic E-state index is 10.9. The van der Waals surface area contributed by atoms with Crippen LogP contribution < -0.4 is 0 Å². The first kappa shape index (κ1) is 12.0. The van der Waals surface area contributed by atoms with Gasteiger partial charge in [-0.25, -0.2) is 0 Å². The van der Waals surface area contributed by atoms with Gasteiger partial charge < -0.3 is 10.2 Å². The molecule has 0 aromatic heterocycles. The van der Waals surface area contributed by atoms with E-state index in [9.17, 15) is 9.13 Å². The molecule has 0 spiro atoms. The monoisotopic (exact) mass is 246 g/mol. The van der Waals surface area contributed by atoms with E-state index in [1.54, 1.807) is 0 Å². The molecule has 0 aromatic rings. The smallest absolute Gasteiger partial charge is 0.391 e. The van der Waals surface area contributed by atoms with Crippen molar-refractivity contribution in [2.45, 2.75) is 12.6 Å². The second-order valence-electron chi connectivity index (χ2n) is 2.09. The third-order valence-electron chi connectivity index (χ3n) is 1.11. The minimum atomic E-state index is -2.59. The van der Waals surface area contributed by atoms with Crippen molar-refractivity contribution in [2.75, 3.05) is 13.2 Å². The van der Waals surface area contributed by atoms with Crippen LogP contribution in [0.5, 0.6) is 0 Å². The molecular formula is C4H8O8P2+2. The van der Waals surface area contributed by atoms with Gasteiger partial charge >= 0.3 is 16.5 Å². The lowest BCUT2D eigenvalue weighted by Gasteiger charge is -2.05. The van der Waals surface area contributed by atoms with Gasteiger partial charge in [0.15, 0.2) is 0 Å². The van der Waals surface area contributed by atoms with E-state index in [1.165, 1.54) is 0 Å². The maximum atomic E-state index is 10.9. The van der Waals surface area contributed by atoms with E-state index >= 15 is 0 Å². The molecule has 8 nitrogen and oxygen atoms in total. The predicted octanol–water partition coefficient (Wildman–Crippen LogP) is 0.0180. The van der Waals surface area contributed by atoms with Crippen LogP contribution in [0.4, 0.5) is 0 Å². The Morgan fingerprint density at radius 2 is 1.14 bits per heavy atom.